The topological polar surface area (TPSA) is 119 Å². The standard InChI is InChI=1S/C12H16N2O6S/c15-9-12(5-7-20-8-6-12)13-21(18,19)11-3-1-10(2-4-11)14(16)17/h1-4,13,15H,5-9H2. The summed E-state index contributed by atoms with van der Waals surface area (Å²) in [6.07, 6.45) is 0.741. The smallest absolute Gasteiger partial charge is 0.269 e. The van der Waals surface area contributed by atoms with Crippen molar-refractivity contribution >= 4 is 15.7 Å². The first-order valence-corrected chi connectivity index (χ1v) is 7.84. The Balaban J connectivity index is 2.22. The van der Waals surface area contributed by atoms with Gasteiger partial charge in [0.2, 0.25) is 10.0 Å². The molecule has 0 bridgehead atoms. The Bertz CT molecular complexity index is 607. The SMILES string of the molecule is O=[N+]([O-])c1ccc(S(=O)(=O)NC2(CO)CCOCC2)cc1. The quantitative estimate of drug-likeness (QED) is 0.600. The van der Waals surface area contributed by atoms with Crippen molar-refractivity contribution in [2.75, 3.05) is 19.8 Å². The predicted octanol–water partition coefficient (Wildman–Crippen LogP) is 0.415. The van der Waals surface area contributed by atoms with Crippen LogP contribution in [0.15, 0.2) is 29.2 Å². The average molecular weight is 316 g/mol. The number of nitro benzene ring substituents is 1. The highest BCUT2D eigenvalue weighted by Gasteiger charge is 2.36. The molecule has 0 atom stereocenters. The number of aliphatic hydroxyl groups excluding tert-OH is 1. The minimum atomic E-state index is -3.86. The third-order valence-electron chi connectivity index (χ3n) is 3.46. The normalized spacial score (nSPS) is 18.3. The molecule has 1 aromatic rings. The van der Waals surface area contributed by atoms with Gasteiger partial charge in [-0.05, 0) is 25.0 Å². The van der Waals surface area contributed by atoms with Gasteiger partial charge in [-0.25, -0.2) is 13.1 Å². The summed E-state index contributed by atoms with van der Waals surface area (Å²) in [6, 6.07) is 4.60. The Morgan fingerprint density at radius 3 is 2.33 bits per heavy atom. The van der Waals surface area contributed by atoms with E-state index in [9.17, 15) is 23.6 Å². The molecule has 9 heteroatoms. The summed E-state index contributed by atoms with van der Waals surface area (Å²) in [5, 5.41) is 20.1. The zero-order valence-corrected chi connectivity index (χ0v) is 12.0. The van der Waals surface area contributed by atoms with E-state index >= 15 is 0 Å². The number of hydrogen-bond acceptors (Lipinski definition) is 6. The molecule has 1 aliphatic heterocycles. The number of ether oxygens (including phenoxy) is 1. The molecule has 1 aliphatic rings. The van der Waals surface area contributed by atoms with Crippen molar-refractivity contribution in [2.24, 2.45) is 0 Å². The lowest BCUT2D eigenvalue weighted by Gasteiger charge is -2.35. The van der Waals surface area contributed by atoms with Gasteiger partial charge < -0.3 is 9.84 Å². The van der Waals surface area contributed by atoms with Gasteiger partial charge in [-0.2, -0.15) is 0 Å². The molecule has 21 heavy (non-hydrogen) atoms. The molecule has 116 valence electrons. The largest absolute Gasteiger partial charge is 0.394 e. The monoisotopic (exact) mass is 316 g/mol. The summed E-state index contributed by atoms with van der Waals surface area (Å²) in [5.74, 6) is 0. The number of non-ortho nitro benzene ring substituents is 1. The second kappa shape index (κ2) is 6.06. The zero-order valence-electron chi connectivity index (χ0n) is 11.2. The van der Waals surface area contributed by atoms with Crippen molar-refractivity contribution < 1.29 is 23.2 Å². The lowest BCUT2D eigenvalue weighted by atomic mass is 9.93. The fraction of sp³-hybridized carbons (Fsp3) is 0.500. The van der Waals surface area contributed by atoms with E-state index in [1.807, 2.05) is 0 Å². The maximum absolute atomic E-state index is 12.3. The summed E-state index contributed by atoms with van der Waals surface area (Å²) >= 11 is 0. The molecule has 1 saturated heterocycles. The maximum atomic E-state index is 12.3. The van der Waals surface area contributed by atoms with Crippen LogP contribution in [0.25, 0.3) is 0 Å². The van der Waals surface area contributed by atoms with Crippen molar-refractivity contribution in [3.63, 3.8) is 0 Å². The summed E-state index contributed by atoms with van der Waals surface area (Å²) in [5.41, 5.74) is -1.13. The molecule has 0 saturated carbocycles. The number of sulfonamides is 1. The first-order valence-electron chi connectivity index (χ1n) is 6.36. The maximum Gasteiger partial charge on any atom is 0.269 e. The van der Waals surface area contributed by atoms with Gasteiger partial charge in [0.15, 0.2) is 0 Å². The van der Waals surface area contributed by atoms with E-state index in [1.54, 1.807) is 0 Å². The predicted molar refractivity (Wildman–Crippen MR) is 73.3 cm³/mol. The second-order valence-corrected chi connectivity index (χ2v) is 6.59. The van der Waals surface area contributed by atoms with Crippen molar-refractivity contribution in [1.29, 1.82) is 0 Å². The Morgan fingerprint density at radius 1 is 1.29 bits per heavy atom. The lowest BCUT2D eigenvalue weighted by molar-refractivity contribution is -0.384. The molecule has 0 spiro atoms. The van der Waals surface area contributed by atoms with Crippen LogP contribution < -0.4 is 4.72 Å². The van der Waals surface area contributed by atoms with Gasteiger partial charge in [0.1, 0.15) is 0 Å². The van der Waals surface area contributed by atoms with Crippen LogP contribution in [0, 0.1) is 10.1 Å². The van der Waals surface area contributed by atoms with Crippen molar-refractivity contribution in [3.05, 3.63) is 34.4 Å². The fourth-order valence-electron chi connectivity index (χ4n) is 2.15. The highest BCUT2D eigenvalue weighted by atomic mass is 32.2. The van der Waals surface area contributed by atoms with Crippen LogP contribution in [0.3, 0.4) is 0 Å². The molecule has 1 fully saturated rings. The summed E-state index contributed by atoms with van der Waals surface area (Å²) in [6.45, 7) is 0.398. The summed E-state index contributed by atoms with van der Waals surface area (Å²) in [7, 11) is -3.86. The molecule has 0 radical (unpaired) electrons. The lowest BCUT2D eigenvalue weighted by Crippen LogP contribution is -2.54. The molecule has 0 aliphatic carbocycles. The number of nitro groups is 1. The molecule has 0 amide bonds. The minimum Gasteiger partial charge on any atom is -0.394 e. The van der Waals surface area contributed by atoms with E-state index in [-0.39, 0.29) is 17.2 Å². The van der Waals surface area contributed by atoms with E-state index in [0.717, 1.165) is 12.1 Å². The van der Waals surface area contributed by atoms with Crippen LogP contribution in [-0.2, 0) is 14.8 Å². The highest BCUT2D eigenvalue weighted by molar-refractivity contribution is 7.89. The average Bonchev–Trinajstić information content (AvgIpc) is 2.48. The summed E-state index contributed by atoms with van der Waals surface area (Å²) in [4.78, 5) is 9.89. The summed E-state index contributed by atoms with van der Waals surface area (Å²) < 4.78 is 32.3. The Morgan fingerprint density at radius 2 is 1.86 bits per heavy atom. The minimum absolute atomic E-state index is 0.0765. The van der Waals surface area contributed by atoms with Crippen LogP contribution in [0.5, 0.6) is 0 Å². The number of benzene rings is 1. The Labute approximate surface area is 121 Å². The highest BCUT2D eigenvalue weighted by Crippen LogP contribution is 2.24. The van der Waals surface area contributed by atoms with Crippen LogP contribution in [0.2, 0.25) is 0 Å². The zero-order chi connectivity index (χ0) is 15.5. The van der Waals surface area contributed by atoms with E-state index in [1.165, 1.54) is 12.1 Å². The molecular formula is C12H16N2O6S. The molecule has 2 N–H and O–H groups in total. The first-order chi connectivity index (χ1) is 9.88. The molecular weight excluding hydrogens is 300 g/mol. The third kappa shape index (κ3) is 3.56. The molecule has 1 heterocycles. The third-order valence-corrected chi connectivity index (χ3v) is 5.06. The molecule has 0 unspecified atom stereocenters. The van der Waals surface area contributed by atoms with Crippen LogP contribution >= 0.6 is 0 Å². The number of hydrogen-bond donors (Lipinski definition) is 2. The van der Waals surface area contributed by atoms with Gasteiger partial charge in [-0.3, -0.25) is 10.1 Å². The molecule has 2 rings (SSSR count). The molecule has 8 nitrogen and oxygen atoms in total. The van der Waals surface area contributed by atoms with Crippen LogP contribution in [0.4, 0.5) is 5.69 Å². The van der Waals surface area contributed by atoms with Crippen molar-refractivity contribution in [1.82, 2.24) is 4.72 Å². The Kier molecular flexibility index (Phi) is 4.57. The van der Waals surface area contributed by atoms with E-state index in [0.29, 0.717) is 26.1 Å². The van der Waals surface area contributed by atoms with E-state index in [4.69, 9.17) is 4.74 Å². The van der Waals surface area contributed by atoms with Crippen LogP contribution in [0.1, 0.15) is 12.8 Å². The second-order valence-electron chi connectivity index (χ2n) is 4.91. The van der Waals surface area contributed by atoms with Crippen molar-refractivity contribution in [2.45, 2.75) is 23.3 Å². The van der Waals surface area contributed by atoms with Gasteiger partial charge in [-0.15, -0.1) is 0 Å². The van der Waals surface area contributed by atoms with Gasteiger partial charge in [0.05, 0.1) is 22.0 Å². The molecule has 0 aromatic heterocycles. The van der Waals surface area contributed by atoms with E-state index < -0.39 is 20.5 Å². The first kappa shape index (κ1) is 15.8. The molecule has 1 aromatic carbocycles. The van der Waals surface area contributed by atoms with Gasteiger partial charge in [0.25, 0.3) is 5.69 Å². The number of nitrogens with one attached hydrogen (secondary N) is 1. The number of nitrogens with zero attached hydrogens (tertiary/aromatic N) is 1. The van der Waals surface area contributed by atoms with Gasteiger partial charge >= 0.3 is 0 Å². The Hall–Kier alpha value is -1.55. The van der Waals surface area contributed by atoms with Crippen molar-refractivity contribution in [3.8, 4) is 0 Å². The van der Waals surface area contributed by atoms with Gasteiger partial charge in [-0.1, -0.05) is 0 Å². The number of aliphatic hydroxyl groups is 1. The van der Waals surface area contributed by atoms with Gasteiger partial charge in [0, 0.05) is 25.3 Å². The number of rotatable bonds is 5. The van der Waals surface area contributed by atoms with E-state index in [2.05, 4.69) is 4.72 Å². The van der Waals surface area contributed by atoms with Crippen LogP contribution in [-0.4, -0.2) is 43.8 Å². The fourth-order valence-corrected chi connectivity index (χ4v) is 3.60.